The Balaban J connectivity index is 1.81. The van der Waals surface area contributed by atoms with E-state index in [-0.39, 0.29) is 5.91 Å². The van der Waals surface area contributed by atoms with E-state index in [9.17, 15) is 13.2 Å². The van der Waals surface area contributed by atoms with Crippen LogP contribution in [0.2, 0.25) is 0 Å². The third-order valence-electron chi connectivity index (χ3n) is 6.26. The number of rotatable bonds is 4. The summed E-state index contributed by atoms with van der Waals surface area (Å²) >= 11 is 0. The third kappa shape index (κ3) is 3.71. The lowest BCUT2D eigenvalue weighted by atomic mass is 9.95. The number of sulfonamides is 1. The van der Waals surface area contributed by atoms with Gasteiger partial charge < -0.3 is 4.90 Å². The largest absolute Gasteiger partial charge is 0.336 e. The summed E-state index contributed by atoms with van der Waals surface area (Å²) in [6.07, 6.45) is 3.30. The topological polar surface area (TPSA) is 75.5 Å². The maximum Gasteiger partial charge on any atom is 0.257 e. The van der Waals surface area contributed by atoms with Crippen LogP contribution in [0.5, 0.6) is 0 Å². The minimum Gasteiger partial charge on any atom is -0.336 e. The molecule has 0 N–H and O–H groups in total. The summed E-state index contributed by atoms with van der Waals surface area (Å²) in [5, 5.41) is 4.15. The lowest BCUT2D eigenvalue weighted by Gasteiger charge is -2.34. The number of nitrogens with zero attached hydrogens (tertiary/aromatic N) is 4. The van der Waals surface area contributed by atoms with Crippen LogP contribution in [0.3, 0.4) is 0 Å². The number of aromatic nitrogens is 2. The van der Waals surface area contributed by atoms with Gasteiger partial charge in [-0.2, -0.15) is 9.40 Å². The predicted molar refractivity (Wildman–Crippen MR) is 113 cm³/mol. The lowest BCUT2D eigenvalue weighted by Crippen LogP contribution is -2.50. The van der Waals surface area contributed by atoms with E-state index < -0.39 is 10.0 Å². The van der Waals surface area contributed by atoms with Crippen molar-refractivity contribution in [1.29, 1.82) is 0 Å². The molecular formula is C21H30N4O3S. The van der Waals surface area contributed by atoms with Crippen LogP contribution in [-0.4, -0.2) is 59.5 Å². The Hall–Kier alpha value is -2.19. The minimum atomic E-state index is -3.62. The van der Waals surface area contributed by atoms with E-state index in [4.69, 9.17) is 0 Å². The number of benzene rings is 1. The second-order valence-corrected chi connectivity index (χ2v) is 9.61. The van der Waals surface area contributed by atoms with Gasteiger partial charge in [0.05, 0.1) is 16.7 Å². The molecule has 0 unspecified atom stereocenters. The molecule has 0 saturated carbocycles. The molecule has 2 heterocycles. The molecule has 8 heteroatoms. The van der Waals surface area contributed by atoms with Crippen molar-refractivity contribution in [2.24, 2.45) is 0 Å². The van der Waals surface area contributed by atoms with Gasteiger partial charge in [0.15, 0.2) is 0 Å². The zero-order chi connectivity index (χ0) is 21.5. The number of hydrogen-bond acceptors (Lipinski definition) is 4. The summed E-state index contributed by atoms with van der Waals surface area (Å²) in [7, 11) is -3.62. The second-order valence-electron chi connectivity index (χ2n) is 7.74. The van der Waals surface area contributed by atoms with Gasteiger partial charge in [-0.25, -0.2) is 8.42 Å². The molecule has 1 fully saturated rings. The molecule has 1 amide bonds. The van der Waals surface area contributed by atoms with Gasteiger partial charge in [-0.3, -0.25) is 9.48 Å². The van der Waals surface area contributed by atoms with E-state index in [1.165, 1.54) is 4.31 Å². The van der Waals surface area contributed by atoms with Gasteiger partial charge in [0.1, 0.15) is 0 Å². The zero-order valence-corrected chi connectivity index (χ0v) is 18.9. The van der Waals surface area contributed by atoms with Crippen molar-refractivity contribution in [3.8, 4) is 0 Å². The number of hydrogen-bond donors (Lipinski definition) is 0. The van der Waals surface area contributed by atoms with Gasteiger partial charge in [-0.15, -0.1) is 0 Å². The molecule has 1 aliphatic heterocycles. The van der Waals surface area contributed by atoms with Crippen molar-refractivity contribution in [1.82, 2.24) is 19.0 Å². The first-order valence-electron chi connectivity index (χ1n) is 9.98. The van der Waals surface area contributed by atoms with Gasteiger partial charge in [0.2, 0.25) is 10.0 Å². The normalized spacial score (nSPS) is 15.7. The molecule has 3 rings (SSSR count). The van der Waals surface area contributed by atoms with Crippen LogP contribution in [0, 0.1) is 34.6 Å². The van der Waals surface area contributed by atoms with E-state index in [2.05, 4.69) is 5.10 Å². The molecule has 0 spiro atoms. The molecule has 1 aromatic carbocycles. The summed E-state index contributed by atoms with van der Waals surface area (Å²) < 4.78 is 30.1. The first kappa shape index (κ1) is 21.5. The zero-order valence-electron chi connectivity index (χ0n) is 18.1. The maximum absolute atomic E-state index is 13.4. The van der Waals surface area contributed by atoms with Crippen LogP contribution in [0.4, 0.5) is 0 Å². The number of aryl methyl sites for hydroxylation is 1. The monoisotopic (exact) mass is 418 g/mol. The fraction of sp³-hybridized carbons (Fsp3) is 0.524. The molecule has 0 bridgehead atoms. The number of carbonyl (C=O) groups excluding carboxylic acids is 1. The van der Waals surface area contributed by atoms with Crippen LogP contribution in [0.1, 0.15) is 45.1 Å². The van der Waals surface area contributed by atoms with Crippen LogP contribution in [-0.2, 0) is 16.6 Å². The van der Waals surface area contributed by atoms with Gasteiger partial charge in [-0.1, -0.05) is 0 Å². The van der Waals surface area contributed by atoms with Crippen LogP contribution >= 0.6 is 0 Å². The molecule has 2 aromatic rings. The predicted octanol–water partition coefficient (Wildman–Crippen LogP) is 2.59. The molecule has 1 aromatic heterocycles. The first-order chi connectivity index (χ1) is 13.6. The Morgan fingerprint density at radius 3 is 1.93 bits per heavy atom. The van der Waals surface area contributed by atoms with E-state index in [0.717, 1.165) is 27.8 Å². The van der Waals surface area contributed by atoms with Crippen molar-refractivity contribution in [2.45, 2.75) is 53.0 Å². The van der Waals surface area contributed by atoms with Gasteiger partial charge in [-0.05, 0) is 69.4 Å². The highest BCUT2D eigenvalue weighted by molar-refractivity contribution is 7.89. The van der Waals surface area contributed by atoms with Gasteiger partial charge in [0, 0.05) is 38.9 Å². The Kier molecular flexibility index (Phi) is 5.87. The standard InChI is InChI=1S/C21H30N4O3S/c1-7-24-13-19(12-22-24)21(26)23-8-10-25(11-9-23)29(27,28)20-17(5)15(3)14(2)16(4)18(20)6/h12-13H,7-11H2,1-6H3. The smallest absolute Gasteiger partial charge is 0.257 e. The highest BCUT2D eigenvalue weighted by atomic mass is 32.2. The lowest BCUT2D eigenvalue weighted by molar-refractivity contribution is 0.0697. The van der Waals surface area contributed by atoms with Crippen molar-refractivity contribution >= 4 is 15.9 Å². The highest BCUT2D eigenvalue weighted by Gasteiger charge is 2.33. The van der Waals surface area contributed by atoms with Crippen molar-refractivity contribution in [3.05, 3.63) is 45.8 Å². The Morgan fingerprint density at radius 2 is 1.45 bits per heavy atom. The molecule has 1 aliphatic rings. The average Bonchev–Trinajstić information content (AvgIpc) is 3.19. The average molecular weight is 419 g/mol. The van der Waals surface area contributed by atoms with E-state index in [1.807, 2.05) is 41.5 Å². The number of piperazine rings is 1. The minimum absolute atomic E-state index is 0.101. The summed E-state index contributed by atoms with van der Waals surface area (Å²) in [6, 6.07) is 0. The van der Waals surface area contributed by atoms with E-state index in [0.29, 0.717) is 43.2 Å². The van der Waals surface area contributed by atoms with Gasteiger partial charge in [0.25, 0.3) is 5.91 Å². The van der Waals surface area contributed by atoms with Crippen molar-refractivity contribution in [3.63, 3.8) is 0 Å². The third-order valence-corrected chi connectivity index (χ3v) is 8.43. The first-order valence-corrected chi connectivity index (χ1v) is 11.4. The van der Waals surface area contributed by atoms with Crippen LogP contribution in [0.15, 0.2) is 17.3 Å². The fourth-order valence-corrected chi connectivity index (χ4v) is 5.92. The summed E-state index contributed by atoms with van der Waals surface area (Å²) in [5.74, 6) is -0.101. The van der Waals surface area contributed by atoms with E-state index in [1.54, 1.807) is 22.0 Å². The molecule has 29 heavy (non-hydrogen) atoms. The van der Waals surface area contributed by atoms with Crippen molar-refractivity contribution in [2.75, 3.05) is 26.2 Å². The summed E-state index contributed by atoms with van der Waals surface area (Å²) in [6.45, 7) is 13.7. The number of amides is 1. The molecule has 7 nitrogen and oxygen atoms in total. The van der Waals surface area contributed by atoms with Crippen molar-refractivity contribution < 1.29 is 13.2 Å². The molecular weight excluding hydrogens is 388 g/mol. The Labute approximate surface area is 173 Å². The molecule has 158 valence electrons. The fourth-order valence-electron chi connectivity index (χ4n) is 3.94. The number of carbonyl (C=O) groups is 1. The van der Waals surface area contributed by atoms with Crippen LogP contribution in [0.25, 0.3) is 0 Å². The second kappa shape index (κ2) is 7.91. The Bertz CT molecular complexity index is 1020. The van der Waals surface area contributed by atoms with Crippen LogP contribution < -0.4 is 0 Å². The summed E-state index contributed by atoms with van der Waals surface area (Å²) in [5.41, 5.74) is 5.36. The Morgan fingerprint density at radius 1 is 0.931 bits per heavy atom. The molecule has 1 saturated heterocycles. The maximum atomic E-state index is 13.4. The molecule has 0 aliphatic carbocycles. The quantitative estimate of drug-likeness (QED) is 0.765. The molecule has 0 radical (unpaired) electrons. The summed E-state index contributed by atoms with van der Waals surface area (Å²) in [4.78, 5) is 14.8. The van der Waals surface area contributed by atoms with Gasteiger partial charge >= 0.3 is 0 Å². The van der Waals surface area contributed by atoms with E-state index >= 15 is 0 Å². The SMILES string of the molecule is CCn1cc(C(=O)N2CCN(S(=O)(=O)c3c(C)c(C)c(C)c(C)c3C)CC2)cn1. The molecule has 0 atom stereocenters. The highest BCUT2D eigenvalue weighted by Crippen LogP contribution is 2.32.